The normalized spacial score (nSPS) is 9.45. The molecule has 0 aromatic rings. The molecule has 0 aromatic carbocycles. The molecule has 0 aliphatic heterocycles. The van der Waals surface area contributed by atoms with Crippen molar-refractivity contribution in [3.63, 3.8) is 0 Å². The van der Waals surface area contributed by atoms with Crippen molar-refractivity contribution in [2.24, 2.45) is 5.92 Å². The number of nitrogens with one attached hydrogen (secondary N) is 1. The molecule has 0 amide bonds. The summed E-state index contributed by atoms with van der Waals surface area (Å²) in [7, 11) is 0. The Balaban J connectivity index is 0. The predicted molar refractivity (Wildman–Crippen MR) is 45.7 cm³/mol. The van der Waals surface area contributed by atoms with Gasteiger partial charge in [-0.2, -0.15) is 0 Å². The maximum absolute atomic E-state index is 3.70. The summed E-state index contributed by atoms with van der Waals surface area (Å²) >= 11 is 0. The van der Waals surface area contributed by atoms with Gasteiger partial charge < -0.3 is 12.4 Å². The third-order valence-electron chi connectivity index (χ3n) is 1.53. The van der Waals surface area contributed by atoms with E-state index in [1.54, 1.807) is 0 Å². The van der Waals surface area contributed by atoms with Crippen LogP contribution in [0.15, 0.2) is 25.6 Å². The molecule has 0 spiro atoms. The van der Waals surface area contributed by atoms with Gasteiger partial charge >= 0.3 is 0 Å². The summed E-state index contributed by atoms with van der Waals surface area (Å²) in [6.07, 6.45) is 5.00. The number of quaternary nitrogens is 1. The maximum Gasteiger partial charge on any atom is 0.0915 e. The molecule has 0 radical (unpaired) electrons. The highest BCUT2D eigenvalue weighted by Crippen LogP contribution is 1.94. The first-order valence-corrected chi connectivity index (χ1v) is 3.81. The van der Waals surface area contributed by atoms with Gasteiger partial charge in [0.25, 0.3) is 0 Å². The van der Waals surface area contributed by atoms with Gasteiger partial charge in [0.15, 0.2) is 0 Å². The number of rotatable bonds is 5. The van der Waals surface area contributed by atoms with Crippen molar-refractivity contribution in [3.8, 4) is 0 Å². The van der Waals surface area contributed by atoms with Gasteiger partial charge in [-0.15, -0.1) is 0 Å². The zero-order valence-electron chi connectivity index (χ0n) is 7.44. The van der Waals surface area contributed by atoms with Gasteiger partial charge in [0, 0.05) is 0 Å². The fourth-order valence-electron chi connectivity index (χ4n) is 0.743. The second-order valence-electron chi connectivity index (χ2n) is 2.92. The maximum atomic E-state index is 3.70. The minimum Gasteiger partial charge on any atom is -1.00 e. The van der Waals surface area contributed by atoms with Gasteiger partial charge in [0.2, 0.25) is 0 Å². The van der Waals surface area contributed by atoms with Crippen LogP contribution in [-0.4, -0.2) is 6.54 Å². The van der Waals surface area contributed by atoms with E-state index in [1.807, 2.05) is 12.4 Å². The molecule has 66 valence electrons. The van der Waals surface area contributed by atoms with Gasteiger partial charge in [0.05, 0.1) is 18.9 Å². The summed E-state index contributed by atoms with van der Waals surface area (Å²) in [4.78, 5) is 1.26. The molecule has 0 bridgehead atoms. The fourth-order valence-corrected chi connectivity index (χ4v) is 0.743. The Morgan fingerprint density at radius 2 is 1.73 bits per heavy atom. The molecule has 1 N–H and O–H groups in total. The number of hydrogen-bond acceptors (Lipinski definition) is 0. The molecule has 11 heavy (non-hydrogen) atoms. The summed E-state index contributed by atoms with van der Waals surface area (Å²) in [6, 6.07) is 0. The first-order valence-electron chi connectivity index (χ1n) is 3.81. The van der Waals surface area contributed by atoms with Crippen molar-refractivity contribution in [1.82, 2.24) is 0 Å². The molecule has 0 aliphatic carbocycles. The van der Waals surface area contributed by atoms with E-state index in [4.69, 9.17) is 0 Å². The second kappa shape index (κ2) is 7.83. The van der Waals surface area contributed by atoms with E-state index in [0.717, 1.165) is 12.5 Å². The highest BCUT2D eigenvalue weighted by atomic mass is 35.5. The van der Waals surface area contributed by atoms with Crippen LogP contribution in [0.1, 0.15) is 20.3 Å². The standard InChI is InChI=1S/C9H17N.ClH/c1-5-10(6-2)8-7-9(3)4;/h5-6,9H,1-2,7-8H2,3-4H3;1H. The molecular weight excluding hydrogens is 158 g/mol. The number of halogens is 1. The highest BCUT2D eigenvalue weighted by Gasteiger charge is 1.99. The Labute approximate surface area is 76.2 Å². The molecule has 0 atom stereocenters. The van der Waals surface area contributed by atoms with E-state index in [9.17, 15) is 0 Å². The Kier molecular flexibility index (Phi) is 9.49. The third kappa shape index (κ3) is 7.63. The minimum atomic E-state index is 0. The van der Waals surface area contributed by atoms with Crippen molar-refractivity contribution in [1.29, 1.82) is 0 Å². The van der Waals surface area contributed by atoms with Gasteiger partial charge in [-0.25, -0.2) is 0 Å². The molecule has 2 heteroatoms. The Morgan fingerprint density at radius 1 is 1.27 bits per heavy atom. The van der Waals surface area contributed by atoms with E-state index in [0.29, 0.717) is 0 Å². The quantitative estimate of drug-likeness (QED) is 0.504. The van der Waals surface area contributed by atoms with Crippen LogP contribution in [0, 0.1) is 5.92 Å². The first kappa shape index (κ1) is 13.3. The smallest absolute Gasteiger partial charge is 0.0915 e. The van der Waals surface area contributed by atoms with E-state index < -0.39 is 0 Å². The van der Waals surface area contributed by atoms with Crippen molar-refractivity contribution >= 4 is 0 Å². The molecule has 0 saturated heterocycles. The van der Waals surface area contributed by atoms with Crippen molar-refractivity contribution < 1.29 is 17.3 Å². The highest BCUT2D eigenvalue weighted by molar-refractivity contribution is 4.56. The van der Waals surface area contributed by atoms with Crippen LogP contribution in [0.4, 0.5) is 0 Å². The largest absolute Gasteiger partial charge is 1.00 e. The SMILES string of the molecule is C=C[NH+](C=C)CCC(C)C.[Cl-]. The fraction of sp³-hybridized carbons (Fsp3) is 0.556. The summed E-state index contributed by atoms with van der Waals surface area (Å²) in [5, 5.41) is 0. The predicted octanol–water partition coefficient (Wildman–Crippen LogP) is -1.79. The summed E-state index contributed by atoms with van der Waals surface area (Å²) in [5.41, 5.74) is 0. The van der Waals surface area contributed by atoms with Gasteiger partial charge in [0.1, 0.15) is 0 Å². The van der Waals surface area contributed by atoms with Crippen LogP contribution < -0.4 is 17.3 Å². The van der Waals surface area contributed by atoms with E-state index in [-0.39, 0.29) is 12.4 Å². The zero-order chi connectivity index (χ0) is 7.98. The Hall–Kier alpha value is -0.270. The van der Waals surface area contributed by atoms with Crippen molar-refractivity contribution in [2.75, 3.05) is 6.54 Å². The van der Waals surface area contributed by atoms with Crippen LogP contribution >= 0.6 is 0 Å². The first-order chi connectivity index (χ1) is 4.70. The lowest BCUT2D eigenvalue weighted by Gasteiger charge is -2.09. The molecule has 0 rings (SSSR count). The molecule has 0 aliphatic rings. The van der Waals surface area contributed by atoms with Crippen molar-refractivity contribution in [2.45, 2.75) is 20.3 Å². The van der Waals surface area contributed by atoms with Crippen LogP contribution in [-0.2, 0) is 0 Å². The molecule has 0 unspecified atom stereocenters. The van der Waals surface area contributed by atoms with Gasteiger partial charge in [-0.1, -0.05) is 13.8 Å². The van der Waals surface area contributed by atoms with E-state index in [2.05, 4.69) is 27.0 Å². The second-order valence-corrected chi connectivity index (χ2v) is 2.92. The van der Waals surface area contributed by atoms with E-state index in [1.165, 1.54) is 11.3 Å². The topological polar surface area (TPSA) is 4.44 Å². The Bertz CT molecular complexity index is 102. The van der Waals surface area contributed by atoms with Crippen LogP contribution in [0.25, 0.3) is 0 Å². The summed E-state index contributed by atoms with van der Waals surface area (Å²) in [6.45, 7) is 13.0. The lowest BCUT2D eigenvalue weighted by Crippen LogP contribution is -3.02. The average molecular weight is 176 g/mol. The van der Waals surface area contributed by atoms with Crippen LogP contribution in [0.2, 0.25) is 0 Å². The molecule has 0 saturated carbocycles. The molecule has 1 nitrogen and oxygen atoms in total. The molecular formula is C9H18ClN. The zero-order valence-corrected chi connectivity index (χ0v) is 8.19. The van der Waals surface area contributed by atoms with Crippen molar-refractivity contribution in [3.05, 3.63) is 25.6 Å². The number of hydrogen-bond donors (Lipinski definition) is 1. The lowest BCUT2D eigenvalue weighted by molar-refractivity contribution is -0.790. The van der Waals surface area contributed by atoms with Gasteiger partial charge in [-0.05, 0) is 25.5 Å². The monoisotopic (exact) mass is 175 g/mol. The van der Waals surface area contributed by atoms with E-state index >= 15 is 0 Å². The molecule has 0 heterocycles. The third-order valence-corrected chi connectivity index (χ3v) is 1.53. The molecule has 0 fully saturated rings. The summed E-state index contributed by atoms with van der Waals surface area (Å²) < 4.78 is 0. The average Bonchev–Trinajstić information content (AvgIpc) is 1.90. The van der Waals surface area contributed by atoms with Crippen LogP contribution in [0.5, 0.6) is 0 Å². The summed E-state index contributed by atoms with van der Waals surface area (Å²) in [5.74, 6) is 0.773. The lowest BCUT2D eigenvalue weighted by atomic mass is 10.1. The Morgan fingerprint density at radius 3 is 2.00 bits per heavy atom. The van der Waals surface area contributed by atoms with Crippen LogP contribution in [0.3, 0.4) is 0 Å². The van der Waals surface area contributed by atoms with Gasteiger partial charge in [-0.3, -0.25) is 4.90 Å². The molecule has 0 aromatic heterocycles. The minimum absolute atomic E-state index is 0.